The summed E-state index contributed by atoms with van der Waals surface area (Å²) in [5, 5.41) is 6.19. The second-order valence-corrected chi connectivity index (χ2v) is 5.09. The molecule has 0 spiro atoms. The lowest BCUT2D eigenvalue weighted by Crippen LogP contribution is -2.52. The van der Waals surface area contributed by atoms with Crippen molar-refractivity contribution in [3.63, 3.8) is 0 Å². The van der Waals surface area contributed by atoms with E-state index in [2.05, 4.69) is 31.4 Å². The molecule has 1 atom stereocenters. The Balaban J connectivity index is 0.00000225. The smallest absolute Gasteiger partial charge is 0.225 e. The minimum Gasteiger partial charge on any atom is -0.353 e. The molecule has 1 saturated heterocycles. The molecule has 3 nitrogen and oxygen atoms in total. The van der Waals surface area contributed by atoms with Crippen molar-refractivity contribution in [2.45, 2.75) is 46.1 Å². The van der Waals surface area contributed by atoms with Crippen molar-refractivity contribution >= 4 is 18.3 Å². The van der Waals surface area contributed by atoms with E-state index in [0.717, 1.165) is 25.4 Å². The molecule has 0 radical (unpaired) electrons. The predicted octanol–water partition coefficient (Wildman–Crippen LogP) is 1.96. The summed E-state index contributed by atoms with van der Waals surface area (Å²) in [7, 11) is 0. The summed E-state index contributed by atoms with van der Waals surface area (Å²) in [5.41, 5.74) is 0. The normalized spacial score (nSPS) is 17.5. The molecule has 0 saturated carbocycles. The molecule has 0 aromatic rings. The third-order valence-electron chi connectivity index (χ3n) is 2.96. The number of rotatable bonds is 6. The molecular weight excluding hydrogens is 224 g/mol. The SMILES string of the molecule is CC(C)CCCC(C)NC(=O)C1CNC1.Cl. The van der Waals surface area contributed by atoms with E-state index in [0.29, 0.717) is 6.04 Å². The fourth-order valence-corrected chi connectivity index (χ4v) is 1.74. The number of carbonyl (C=O) groups is 1. The van der Waals surface area contributed by atoms with Gasteiger partial charge in [-0.25, -0.2) is 0 Å². The van der Waals surface area contributed by atoms with Crippen LogP contribution in [0.25, 0.3) is 0 Å². The number of hydrogen-bond acceptors (Lipinski definition) is 2. The molecule has 1 amide bonds. The first-order valence-corrected chi connectivity index (χ1v) is 6.10. The highest BCUT2D eigenvalue weighted by molar-refractivity contribution is 5.85. The maximum Gasteiger partial charge on any atom is 0.225 e. The van der Waals surface area contributed by atoms with E-state index in [1.807, 2.05) is 0 Å². The van der Waals surface area contributed by atoms with Gasteiger partial charge in [0.15, 0.2) is 0 Å². The van der Waals surface area contributed by atoms with Gasteiger partial charge in [-0.3, -0.25) is 4.79 Å². The second kappa shape index (κ2) is 7.91. The maximum atomic E-state index is 11.6. The lowest BCUT2D eigenvalue weighted by molar-refractivity contribution is -0.127. The van der Waals surface area contributed by atoms with E-state index in [9.17, 15) is 4.79 Å². The number of halogens is 1. The minimum atomic E-state index is 0. The first-order chi connectivity index (χ1) is 7.09. The van der Waals surface area contributed by atoms with Crippen molar-refractivity contribution in [2.24, 2.45) is 11.8 Å². The van der Waals surface area contributed by atoms with Crippen molar-refractivity contribution in [1.29, 1.82) is 0 Å². The quantitative estimate of drug-likeness (QED) is 0.755. The van der Waals surface area contributed by atoms with Gasteiger partial charge in [0.1, 0.15) is 0 Å². The van der Waals surface area contributed by atoms with Crippen molar-refractivity contribution in [2.75, 3.05) is 13.1 Å². The fourth-order valence-electron chi connectivity index (χ4n) is 1.74. The number of amides is 1. The van der Waals surface area contributed by atoms with Crippen LogP contribution in [0.3, 0.4) is 0 Å². The number of nitrogens with one attached hydrogen (secondary N) is 2. The molecule has 4 heteroatoms. The van der Waals surface area contributed by atoms with E-state index in [1.54, 1.807) is 0 Å². The van der Waals surface area contributed by atoms with Crippen molar-refractivity contribution in [3.05, 3.63) is 0 Å². The van der Waals surface area contributed by atoms with Gasteiger partial charge in [0, 0.05) is 19.1 Å². The molecule has 0 bridgehead atoms. The van der Waals surface area contributed by atoms with E-state index in [-0.39, 0.29) is 24.2 Å². The van der Waals surface area contributed by atoms with Gasteiger partial charge in [-0.1, -0.05) is 26.7 Å². The monoisotopic (exact) mass is 248 g/mol. The molecule has 0 aliphatic carbocycles. The van der Waals surface area contributed by atoms with Gasteiger partial charge in [-0.2, -0.15) is 0 Å². The Bertz CT molecular complexity index is 205. The van der Waals surface area contributed by atoms with Crippen LogP contribution >= 0.6 is 12.4 Å². The third-order valence-corrected chi connectivity index (χ3v) is 2.96. The van der Waals surface area contributed by atoms with E-state index >= 15 is 0 Å². The first-order valence-electron chi connectivity index (χ1n) is 6.10. The zero-order chi connectivity index (χ0) is 11.3. The molecule has 96 valence electrons. The van der Waals surface area contributed by atoms with Crippen LogP contribution in [0, 0.1) is 11.8 Å². The average molecular weight is 249 g/mol. The Kier molecular flexibility index (Phi) is 7.77. The van der Waals surface area contributed by atoms with Gasteiger partial charge in [0.25, 0.3) is 0 Å². The lowest BCUT2D eigenvalue weighted by atomic mass is 10.0. The molecule has 1 heterocycles. The molecule has 1 unspecified atom stereocenters. The zero-order valence-corrected chi connectivity index (χ0v) is 11.4. The van der Waals surface area contributed by atoms with Crippen molar-refractivity contribution < 1.29 is 4.79 Å². The summed E-state index contributed by atoms with van der Waals surface area (Å²) in [6.45, 7) is 8.28. The second-order valence-electron chi connectivity index (χ2n) is 5.09. The van der Waals surface area contributed by atoms with Crippen LogP contribution in [-0.4, -0.2) is 25.0 Å². The lowest BCUT2D eigenvalue weighted by Gasteiger charge is -2.27. The van der Waals surface area contributed by atoms with Gasteiger partial charge in [0.2, 0.25) is 5.91 Å². The van der Waals surface area contributed by atoms with Gasteiger partial charge < -0.3 is 10.6 Å². The van der Waals surface area contributed by atoms with Crippen molar-refractivity contribution in [3.8, 4) is 0 Å². The van der Waals surface area contributed by atoms with Crippen molar-refractivity contribution in [1.82, 2.24) is 10.6 Å². The van der Waals surface area contributed by atoms with Gasteiger partial charge in [0.05, 0.1) is 5.92 Å². The van der Waals surface area contributed by atoms with Crippen LogP contribution in [-0.2, 0) is 4.79 Å². The Hall–Kier alpha value is -0.280. The average Bonchev–Trinajstić information content (AvgIpc) is 1.98. The number of carbonyl (C=O) groups excluding carboxylic acids is 1. The molecule has 0 aromatic carbocycles. The summed E-state index contributed by atoms with van der Waals surface area (Å²) < 4.78 is 0. The summed E-state index contributed by atoms with van der Waals surface area (Å²) in [6.07, 6.45) is 3.57. The van der Waals surface area contributed by atoms with E-state index < -0.39 is 0 Å². The van der Waals surface area contributed by atoms with Gasteiger partial charge >= 0.3 is 0 Å². The highest BCUT2D eigenvalue weighted by Crippen LogP contribution is 2.09. The fraction of sp³-hybridized carbons (Fsp3) is 0.917. The van der Waals surface area contributed by atoms with Crippen LogP contribution in [0.1, 0.15) is 40.0 Å². The minimum absolute atomic E-state index is 0. The Morgan fingerprint density at radius 3 is 2.38 bits per heavy atom. The Morgan fingerprint density at radius 1 is 1.31 bits per heavy atom. The molecule has 1 fully saturated rings. The largest absolute Gasteiger partial charge is 0.353 e. The van der Waals surface area contributed by atoms with Crippen LogP contribution < -0.4 is 10.6 Å². The van der Waals surface area contributed by atoms with Gasteiger partial charge in [-0.15, -0.1) is 12.4 Å². The molecule has 1 aliphatic heterocycles. The summed E-state index contributed by atoms with van der Waals surface area (Å²) in [4.78, 5) is 11.6. The summed E-state index contributed by atoms with van der Waals surface area (Å²) >= 11 is 0. The third kappa shape index (κ3) is 5.71. The molecule has 0 aromatic heterocycles. The summed E-state index contributed by atoms with van der Waals surface area (Å²) in [6, 6.07) is 0.330. The predicted molar refractivity (Wildman–Crippen MR) is 69.9 cm³/mol. The van der Waals surface area contributed by atoms with E-state index in [4.69, 9.17) is 0 Å². The zero-order valence-electron chi connectivity index (χ0n) is 10.6. The molecule has 2 N–H and O–H groups in total. The Morgan fingerprint density at radius 2 is 1.94 bits per heavy atom. The highest BCUT2D eigenvalue weighted by atomic mass is 35.5. The topological polar surface area (TPSA) is 41.1 Å². The molecule has 1 aliphatic rings. The molecule has 1 rings (SSSR count). The molecule has 16 heavy (non-hydrogen) atoms. The number of hydrogen-bond donors (Lipinski definition) is 2. The molecular formula is C12H25ClN2O. The maximum absolute atomic E-state index is 11.6. The van der Waals surface area contributed by atoms with Crippen LogP contribution in [0.2, 0.25) is 0 Å². The van der Waals surface area contributed by atoms with Gasteiger partial charge in [-0.05, 0) is 19.3 Å². The highest BCUT2D eigenvalue weighted by Gasteiger charge is 2.25. The van der Waals surface area contributed by atoms with Crippen LogP contribution in [0.15, 0.2) is 0 Å². The standard InChI is InChI=1S/C12H24N2O.ClH/c1-9(2)5-4-6-10(3)14-12(15)11-7-13-8-11;/h9-11,13H,4-8H2,1-3H3,(H,14,15);1H. The first kappa shape index (κ1) is 15.7. The summed E-state index contributed by atoms with van der Waals surface area (Å²) in [5.74, 6) is 1.21. The van der Waals surface area contributed by atoms with Crippen LogP contribution in [0.5, 0.6) is 0 Å². The van der Waals surface area contributed by atoms with Crippen LogP contribution in [0.4, 0.5) is 0 Å². The Labute approximate surface area is 105 Å². The van der Waals surface area contributed by atoms with E-state index in [1.165, 1.54) is 12.8 Å².